The van der Waals surface area contributed by atoms with Crippen LogP contribution in [-0.4, -0.2) is 12.2 Å². The zero-order valence-corrected chi connectivity index (χ0v) is 14.2. The standard InChI is InChI=1S/C15H15Br2NO2/c1-20-14-5-3-2-4-11(14)9-18-8-10-6-12(16)15(19)13(17)7-10/h2-7,18-19H,8-9H2,1H3. The second-order valence-corrected chi connectivity index (χ2v) is 6.03. The number of nitrogens with one attached hydrogen (secondary N) is 1. The molecule has 2 aromatic carbocycles. The molecule has 106 valence electrons. The van der Waals surface area contributed by atoms with Gasteiger partial charge in [-0.15, -0.1) is 0 Å². The molecule has 0 unspecified atom stereocenters. The molecule has 0 saturated heterocycles. The van der Waals surface area contributed by atoms with Gasteiger partial charge in [-0.05, 0) is 55.6 Å². The largest absolute Gasteiger partial charge is 0.506 e. The Hall–Kier alpha value is -1.04. The highest BCUT2D eigenvalue weighted by molar-refractivity contribution is 9.11. The summed E-state index contributed by atoms with van der Waals surface area (Å²) in [6.45, 7) is 1.43. The molecule has 2 rings (SSSR count). The van der Waals surface area contributed by atoms with Gasteiger partial charge in [-0.25, -0.2) is 0 Å². The second-order valence-electron chi connectivity index (χ2n) is 4.32. The van der Waals surface area contributed by atoms with Gasteiger partial charge in [0.15, 0.2) is 0 Å². The third kappa shape index (κ3) is 3.75. The van der Waals surface area contributed by atoms with E-state index in [2.05, 4.69) is 37.2 Å². The van der Waals surface area contributed by atoms with Crippen LogP contribution in [0.2, 0.25) is 0 Å². The van der Waals surface area contributed by atoms with Gasteiger partial charge >= 0.3 is 0 Å². The second kappa shape index (κ2) is 7.11. The van der Waals surface area contributed by atoms with Gasteiger partial charge in [0.25, 0.3) is 0 Å². The number of methoxy groups -OCH3 is 1. The third-order valence-electron chi connectivity index (χ3n) is 2.91. The van der Waals surface area contributed by atoms with Crippen LogP contribution < -0.4 is 10.1 Å². The molecule has 20 heavy (non-hydrogen) atoms. The van der Waals surface area contributed by atoms with Crippen molar-refractivity contribution in [2.75, 3.05) is 7.11 Å². The number of benzene rings is 2. The number of hydrogen-bond donors (Lipinski definition) is 2. The highest BCUT2D eigenvalue weighted by Crippen LogP contribution is 2.33. The van der Waals surface area contributed by atoms with Crippen molar-refractivity contribution >= 4 is 31.9 Å². The Morgan fingerprint density at radius 3 is 2.40 bits per heavy atom. The Morgan fingerprint density at radius 2 is 1.75 bits per heavy atom. The molecule has 3 nitrogen and oxygen atoms in total. The van der Waals surface area contributed by atoms with Crippen LogP contribution in [-0.2, 0) is 13.1 Å². The van der Waals surface area contributed by atoms with Gasteiger partial charge in [0.05, 0.1) is 16.1 Å². The summed E-state index contributed by atoms with van der Waals surface area (Å²) in [7, 11) is 1.67. The van der Waals surface area contributed by atoms with Crippen molar-refractivity contribution in [2.24, 2.45) is 0 Å². The van der Waals surface area contributed by atoms with Crippen molar-refractivity contribution in [2.45, 2.75) is 13.1 Å². The van der Waals surface area contributed by atoms with Gasteiger partial charge in [0.1, 0.15) is 11.5 Å². The van der Waals surface area contributed by atoms with Gasteiger partial charge in [0, 0.05) is 18.7 Å². The number of para-hydroxylation sites is 1. The summed E-state index contributed by atoms with van der Waals surface area (Å²) in [5.74, 6) is 1.10. The van der Waals surface area contributed by atoms with Crippen LogP contribution in [0.5, 0.6) is 11.5 Å². The van der Waals surface area contributed by atoms with E-state index in [-0.39, 0.29) is 5.75 Å². The van der Waals surface area contributed by atoms with Crippen LogP contribution in [0.3, 0.4) is 0 Å². The van der Waals surface area contributed by atoms with E-state index in [1.807, 2.05) is 36.4 Å². The normalized spacial score (nSPS) is 10.6. The highest BCUT2D eigenvalue weighted by Gasteiger charge is 2.06. The van der Waals surface area contributed by atoms with E-state index in [1.165, 1.54) is 0 Å². The fourth-order valence-corrected chi connectivity index (χ4v) is 3.19. The van der Waals surface area contributed by atoms with Gasteiger partial charge < -0.3 is 15.2 Å². The van der Waals surface area contributed by atoms with Crippen molar-refractivity contribution in [1.29, 1.82) is 0 Å². The summed E-state index contributed by atoms with van der Waals surface area (Å²) in [6, 6.07) is 11.7. The molecule has 0 aliphatic rings. The summed E-state index contributed by atoms with van der Waals surface area (Å²) in [5.41, 5.74) is 2.20. The molecule has 0 radical (unpaired) electrons. The first-order valence-electron chi connectivity index (χ1n) is 6.11. The predicted molar refractivity (Wildman–Crippen MR) is 87.0 cm³/mol. The molecule has 0 saturated carbocycles. The quantitative estimate of drug-likeness (QED) is 0.789. The van der Waals surface area contributed by atoms with E-state index in [4.69, 9.17) is 4.74 Å². The van der Waals surface area contributed by atoms with Crippen molar-refractivity contribution in [3.8, 4) is 11.5 Å². The Bertz CT molecular complexity index is 579. The molecule has 0 bridgehead atoms. The molecule has 2 N–H and O–H groups in total. The highest BCUT2D eigenvalue weighted by atomic mass is 79.9. The Morgan fingerprint density at radius 1 is 1.10 bits per heavy atom. The molecule has 2 aromatic rings. The molecule has 0 amide bonds. The summed E-state index contributed by atoms with van der Waals surface area (Å²) in [4.78, 5) is 0. The number of halogens is 2. The maximum absolute atomic E-state index is 9.67. The minimum atomic E-state index is 0.221. The predicted octanol–water partition coefficient (Wildman–Crippen LogP) is 4.22. The van der Waals surface area contributed by atoms with Gasteiger partial charge in [-0.3, -0.25) is 0 Å². The van der Waals surface area contributed by atoms with Crippen LogP contribution >= 0.6 is 31.9 Å². The maximum Gasteiger partial charge on any atom is 0.143 e. The van der Waals surface area contributed by atoms with Crippen LogP contribution in [0, 0.1) is 0 Å². The molecule has 5 heteroatoms. The minimum Gasteiger partial charge on any atom is -0.506 e. The lowest BCUT2D eigenvalue weighted by Gasteiger charge is -2.10. The summed E-state index contributed by atoms with van der Waals surface area (Å²) in [5, 5.41) is 13.0. The minimum absolute atomic E-state index is 0.221. The maximum atomic E-state index is 9.67. The molecule has 0 heterocycles. The molecule has 0 atom stereocenters. The van der Waals surface area contributed by atoms with Crippen LogP contribution in [0.1, 0.15) is 11.1 Å². The van der Waals surface area contributed by atoms with Crippen molar-refractivity contribution in [3.63, 3.8) is 0 Å². The van der Waals surface area contributed by atoms with E-state index in [9.17, 15) is 5.11 Å². The van der Waals surface area contributed by atoms with E-state index < -0.39 is 0 Å². The molecule has 0 fully saturated rings. The lowest BCUT2D eigenvalue weighted by Crippen LogP contribution is -2.13. The third-order valence-corrected chi connectivity index (χ3v) is 4.12. The monoisotopic (exact) mass is 399 g/mol. The lowest BCUT2D eigenvalue weighted by atomic mass is 10.2. The molecule has 0 aromatic heterocycles. The van der Waals surface area contributed by atoms with E-state index in [1.54, 1.807) is 7.11 Å². The molecular formula is C15H15Br2NO2. The topological polar surface area (TPSA) is 41.5 Å². The number of phenolic OH excluding ortho intramolecular Hbond substituents is 1. The van der Waals surface area contributed by atoms with Crippen LogP contribution in [0.4, 0.5) is 0 Å². The average Bonchev–Trinajstić information content (AvgIpc) is 2.45. The zero-order valence-electron chi connectivity index (χ0n) is 11.0. The smallest absolute Gasteiger partial charge is 0.143 e. The summed E-state index contributed by atoms with van der Waals surface area (Å²) < 4.78 is 6.68. The van der Waals surface area contributed by atoms with Gasteiger partial charge in [0.2, 0.25) is 0 Å². The average molecular weight is 401 g/mol. The van der Waals surface area contributed by atoms with Crippen LogP contribution in [0.15, 0.2) is 45.3 Å². The van der Waals surface area contributed by atoms with Crippen molar-refractivity contribution in [3.05, 3.63) is 56.5 Å². The van der Waals surface area contributed by atoms with E-state index in [0.29, 0.717) is 15.5 Å². The van der Waals surface area contributed by atoms with Gasteiger partial charge in [-0.1, -0.05) is 18.2 Å². The molecule has 0 aliphatic carbocycles. The molecule has 0 spiro atoms. The SMILES string of the molecule is COc1ccccc1CNCc1cc(Br)c(O)c(Br)c1. The molecular weight excluding hydrogens is 386 g/mol. The van der Waals surface area contributed by atoms with E-state index >= 15 is 0 Å². The fourth-order valence-electron chi connectivity index (χ4n) is 1.91. The van der Waals surface area contributed by atoms with Gasteiger partial charge in [-0.2, -0.15) is 0 Å². The summed E-state index contributed by atoms with van der Waals surface area (Å²) >= 11 is 6.66. The number of phenols is 1. The van der Waals surface area contributed by atoms with Crippen molar-refractivity contribution < 1.29 is 9.84 Å². The number of rotatable bonds is 5. The Balaban J connectivity index is 1.99. The number of aromatic hydroxyl groups is 1. The lowest BCUT2D eigenvalue weighted by molar-refractivity contribution is 0.407. The fraction of sp³-hybridized carbons (Fsp3) is 0.200. The summed E-state index contributed by atoms with van der Waals surface area (Å²) in [6.07, 6.45) is 0. The number of hydrogen-bond acceptors (Lipinski definition) is 3. The van der Waals surface area contributed by atoms with Crippen molar-refractivity contribution in [1.82, 2.24) is 5.32 Å². The van der Waals surface area contributed by atoms with E-state index in [0.717, 1.165) is 23.4 Å². The Kier molecular flexibility index (Phi) is 5.46. The number of ether oxygens (including phenoxy) is 1. The first-order chi connectivity index (χ1) is 9.61. The first kappa shape index (κ1) is 15.4. The molecule has 0 aliphatic heterocycles. The first-order valence-corrected chi connectivity index (χ1v) is 7.70. The zero-order chi connectivity index (χ0) is 14.5. The Labute approximate surface area is 135 Å². The van der Waals surface area contributed by atoms with Crippen LogP contribution in [0.25, 0.3) is 0 Å².